The largest absolute Gasteiger partial charge is 0.478 e. The fraction of sp³-hybridized carbons (Fsp3) is 0.231. The Hall–Kier alpha value is -2.50. The van der Waals surface area contributed by atoms with Crippen molar-refractivity contribution in [2.45, 2.75) is 20.4 Å². The van der Waals surface area contributed by atoms with Gasteiger partial charge in [0.05, 0.1) is 17.9 Å². The van der Waals surface area contributed by atoms with Crippen LogP contribution in [0, 0.1) is 13.8 Å². The van der Waals surface area contributed by atoms with Gasteiger partial charge >= 0.3 is 5.97 Å². The quantitative estimate of drug-likeness (QED) is 0.869. The third-order valence-corrected chi connectivity index (χ3v) is 2.56. The number of hydrogen-bond donors (Lipinski definition) is 2. The summed E-state index contributed by atoms with van der Waals surface area (Å²) >= 11 is 0. The van der Waals surface area contributed by atoms with Crippen molar-refractivity contribution in [1.82, 2.24) is 15.0 Å². The van der Waals surface area contributed by atoms with Crippen LogP contribution in [-0.2, 0) is 6.54 Å². The average Bonchev–Trinajstić information content (AvgIpc) is 2.36. The molecule has 0 aliphatic carbocycles. The minimum atomic E-state index is -1.01. The molecule has 0 saturated carbocycles. The van der Waals surface area contributed by atoms with Crippen molar-refractivity contribution in [2.75, 3.05) is 5.32 Å². The highest BCUT2D eigenvalue weighted by Gasteiger charge is 2.10. The van der Waals surface area contributed by atoms with Crippen molar-refractivity contribution in [2.24, 2.45) is 0 Å². The van der Waals surface area contributed by atoms with Crippen LogP contribution in [0.5, 0.6) is 0 Å². The molecular weight excluding hydrogens is 244 g/mol. The van der Waals surface area contributed by atoms with Gasteiger partial charge in [0.1, 0.15) is 11.4 Å². The molecular formula is C13H14N4O2. The summed E-state index contributed by atoms with van der Waals surface area (Å²) in [5.74, 6) is -0.322. The summed E-state index contributed by atoms with van der Waals surface area (Å²) in [6, 6.07) is 3.49. The second kappa shape index (κ2) is 5.43. The molecule has 19 heavy (non-hydrogen) atoms. The third kappa shape index (κ3) is 3.25. The van der Waals surface area contributed by atoms with Crippen LogP contribution in [0.4, 0.5) is 5.69 Å². The number of hydrogen-bond acceptors (Lipinski definition) is 5. The monoisotopic (exact) mass is 258 g/mol. The van der Waals surface area contributed by atoms with Gasteiger partial charge in [0, 0.05) is 18.1 Å². The highest BCUT2D eigenvalue weighted by molar-refractivity contribution is 5.93. The molecule has 2 rings (SSSR count). The first-order valence-corrected chi connectivity index (χ1v) is 5.78. The van der Waals surface area contributed by atoms with Crippen molar-refractivity contribution >= 4 is 11.7 Å². The molecule has 0 atom stereocenters. The van der Waals surface area contributed by atoms with Gasteiger partial charge in [-0.05, 0) is 26.0 Å². The van der Waals surface area contributed by atoms with Gasteiger partial charge in [-0.2, -0.15) is 0 Å². The summed E-state index contributed by atoms with van der Waals surface area (Å²) in [6.07, 6.45) is 3.03. The van der Waals surface area contributed by atoms with Crippen molar-refractivity contribution in [3.8, 4) is 0 Å². The second-order valence-electron chi connectivity index (χ2n) is 4.13. The lowest BCUT2D eigenvalue weighted by atomic mass is 10.2. The SMILES string of the molecule is Cc1cc(NCc2ccnc(C)n2)c(C(=O)O)cn1. The smallest absolute Gasteiger partial charge is 0.339 e. The number of aryl methyl sites for hydroxylation is 2. The van der Waals surface area contributed by atoms with E-state index in [0.717, 1.165) is 11.4 Å². The van der Waals surface area contributed by atoms with Crippen LogP contribution in [0.25, 0.3) is 0 Å². The number of carboxylic acids is 1. The average molecular weight is 258 g/mol. The molecule has 0 aliphatic heterocycles. The molecule has 0 unspecified atom stereocenters. The number of nitrogens with zero attached hydrogens (tertiary/aromatic N) is 3. The zero-order valence-electron chi connectivity index (χ0n) is 10.7. The predicted octanol–water partition coefficient (Wildman–Crippen LogP) is 1.80. The summed E-state index contributed by atoms with van der Waals surface area (Å²) in [5.41, 5.74) is 2.25. The Bertz CT molecular complexity index is 613. The topological polar surface area (TPSA) is 88.0 Å². The number of carboxylic acid groups (broad SMARTS) is 1. The number of rotatable bonds is 4. The molecule has 2 aromatic heterocycles. The molecule has 6 heteroatoms. The highest BCUT2D eigenvalue weighted by atomic mass is 16.4. The molecule has 2 aromatic rings. The lowest BCUT2D eigenvalue weighted by Gasteiger charge is -2.09. The van der Waals surface area contributed by atoms with E-state index in [1.54, 1.807) is 18.3 Å². The van der Waals surface area contributed by atoms with Gasteiger partial charge in [-0.1, -0.05) is 0 Å². The van der Waals surface area contributed by atoms with E-state index in [0.29, 0.717) is 18.1 Å². The van der Waals surface area contributed by atoms with Gasteiger partial charge in [0.15, 0.2) is 0 Å². The van der Waals surface area contributed by atoms with Gasteiger partial charge in [-0.3, -0.25) is 4.98 Å². The molecule has 0 radical (unpaired) electrons. The van der Waals surface area contributed by atoms with Crippen molar-refractivity contribution in [1.29, 1.82) is 0 Å². The Labute approximate surface area is 110 Å². The van der Waals surface area contributed by atoms with Gasteiger partial charge in [-0.15, -0.1) is 0 Å². The van der Waals surface area contributed by atoms with Gasteiger partial charge in [0.25, 0.3) is 0 Å². The molecule has 0 spiro atoms. The van der Waals surface area contributed by atoms with E-state index in [4.69, 9.17) is 5.11 Å². The van der Waals surface area contributed by atoms with Crippen molar-refractivity contribution < 1.29 is 9.90 Å². The fourth-order valence-electron chi connectivity index (χ4n) is 1.67. The Morgan fingerprint density at radius 3 is 2.84 bits per heavy atom. The standard InChI is InChI=1S/C13H14N4O2/c1-8-5-12(11(7-15-8)13(18)19)16-6-10-3-4-14-9(2)17-10/h3-5,7H,6H2,1-2H3,(H,15,16)(H,18,19). The maximum Gasteiger partial charge on any atom is 0.339 e. The number of anilines is 1. The Balaban J connectivity index is 2.19. The number of pyridine rings is 1. The molecule has 0 bridgehead atoms. The summed E-state index contributed by atoms with van der Waals surface area (Å²) in [7, 11) is 0. The maximum atomic E-state index is 11.1. The molecule has 0 saturated heterocycles. The van der Waals surface area contributed by atoms with E-state index in [2.05, 4.69) is 20.3 Å². The number of nitrogens with one attached hydrogen (secondary N) is 1. The van der Waals surface area contributed by atoms with E-state index < -0.39 is 5.97 Å². The van der Waals surface area contributed by atoms with Crippen LogP contribution >= 0.6 is 0 Å². The van der Waals surface area contributed by atoms with Crippen LogP contribution in [0.3, 0.4) is 0 Å². The molecule has 6 nitrogen and oxygen atoms in total. The van der Waals surface area contributed by atoms with Gasteiger partial charge < -0.3 is 10.4 Å². The van der Waals surface area contributed by atoms with E-state index in [1.165, 1.54) is 6.20 Å². The molecule has 0 aliphatic rings. The molecule has 0 amide bonds. The number of carbonyl (C=O) groups is 1. The van der Waals surface area contributed by atoms with Gasteiger partial charge in [-0.25, -0.2) is 14.8 Å². The zero-order valence-corrected chi connectivity index (χ0v) is 10.7. The lowest BCUT2D eigenvalue weighted by Crippen LogP contribution is -2.09. The Kier molecular flexibility index (Phi) is 3.70. The molecule has 98 valence electrons. The third-order valence-electron chi connectivity index (χ3n) is 2.56. The van der Waals surface area contributed by atoms with Gasteiger partial charge in [0.2, 0.25) is 0 Å². The number of aromatic carboxylic acids is 1. The zero-order chi connectivity index (χ0) is 13.8. The molecule has 2 heterocycles. The van der Waals surface area contributed by atoms with Crippen LogP contribution in [0.15, 0.2) is 24.5 Å². The van der Waals surface area contributed by atoms with E-state index in [9.17, 15) is 4.79 Å². The van der Waals surface area contributed by atoms with E-state index in [1.807, 2.05) is 13.8 Å². The summed E-state index contributed by atoms with van der Waals surface area (Å²) in [6.45, 7) is 4.06. The number of aromatic nitrogens is 3. The van der Waals surface area contributed by atoms with Crippen LogP contribution in [0.2, 0.25) is 0 Å². The van der Waals surface area contributed by atoms with E-state index in [-0.39, 0.29) is 5.56 Å². The van der Waals surface area contributed by atoms with Crippen LogP contribution in [0.1, 0.15) is 27.6 Å². The minimum absolute atomic E-state index is 0.149. The van der Waals surface area contributed by atoms with E-state index >= 15 is 0 Å². The van der Waals surface area contributed by atoms with Crippen LogP contribution < -0.4 is 5.32 Å². The lowest BCUT2D eigenvalue weighted by molar-refractivity contribution is 0.0697. The first kappa shape index (κ1) is 12.9. The normalized spacial score (nSPS) is 10.2. The Morgan fingerprint density at radius 1 is 1.37 bits per heavy atom. The molecule has 0 fully saturated rings. The highest BCUT2D eigenvalue weighted by Crippen LogP contribution is 2.16. The van der Waals surface area contributed by atoms with Crippen molar-refractivity contribution in [3.05, 3.63) is 47.3 Å². The maximum absolute atomic E-state index is 11.1. The van der Waals surface area contributed by atoms with Crippen molar-refractivity contribution in [3.63, 3.8) is 0 Å². The summed E-state index contributed by atoms with van der Waals surface area (Å²) in [5, 5.41) is 12.2. The predicted molar refractivity (Wildman–Crippen MR) is 70.0 cm³/mol. The fourth-order valence-corrected chi connectivity index (χ4v) is 1.67. The second-order valence-corrected chi connectivity index (χ2v) is 4.13. The Morgan fingerprint density at radius 2 is 2.16 bits per heavy atom. The first-order valence-electron chi connectivity index (χ1n) is 5.78. The van der Waals surface area contributed by atoms with Crippen LogP contribution in [-0.4, -0.2) is 26.0 Å². The summed E-state index contributed by atoms with van der Waals surface area (Å²) in [4.78, 5) is 23.3. The molecule has 2 N–H and O–H groups in total. The first-order chi connectivity index (χ1) is 9.06. The summed E-state index contributed by atoms with van der Waals surface area (Å²) < 4.78 is 0. The minimum Gasteiger partial charge on any atom is -0.478 e. The molecule has 0 aromatic carbocycles.